The van der Waals surface area contributed by atoms with Gasteiger partial charge < -0.3 is 5.32 Å². The van der Waals surface area contributed by atoms with Gasteiger partial charge in [0.1, 0.15) is 5.01 Å². The molecule has 1 fully saturated rings. The van der Waals surface area contributed by atoms with Crippen LogP contribution in [-0.4, -0.2) is 28.0 Å². The van der Waals surface area contributed by atoms with Gasteiger partial charge in [-0.3, -0.25) is 4.90 Å². The number of hydrogen-bond donors (Lipinski definition) is 1. The first-order chi connectivity index (χ1) is 9.35. The van der Waals surface area contributed by atoms with Gasteiger partial charge in [0.2, 0.25) is 0 Å². The standard InChI is InChI=1S/C16H29N3S/c1-12-7-6-8-19(13(12)2)10-14-11-20-15(18-14)9-17-16(3,4)5/h11-13,17H,6-10H2,1-5H3. The summed E-state index contributed by atoms with van der Waals surface area (Å²) >= 11 is 1.78. The van der Waals surface area contributed by atoms with Gasteiger partial charge in [0.15, 0.2) is 0 Å². The van der Waals surface area contributed by atoms with Crippen molar-refractivity contribution in [1.29, 1.82) is 0 Å². The Balaban J connectivity index is 1.89. The molecular formula is C16H29N3S. The van der Waals surface area contributed by atoms with E-state index in [4.69, 9.17) is 4.98 Å². The maximum Gasteiger partial charge on any atom is 0.107 e. The predicted molar refractivity (Wildman–Crippen MR) is 87.0 cm³/mol. The molecule has 2 atom stereocenters. The Morgan fingerprint density at radius 1 is 1.40 bits per heavy atom. The van der Waals surface area contributed by atoms with Crippen LogP contribution in [0, 0.1) is 5.92 Å². The van der Waals surface area contributed by atoms with Crippen LogP contribution < -0.4 is 5.32 Å². The smallest absolute Gasteiger partial charge is 0.107 e. The summed E-state index contributed by atoms with van der Waals surface area (Å²) in [7, 11) is 0. The molecular weight excluding hydrogens is 266 g/mol. The van der Waals surface area contributed by atoms with Crippen molar-refractivity contribution in [1.82, 2.24) is 15.2 Å². The molecule has 0 spiro atoms. The van der Waals surface area contributed by atoms with E-state index in [9.17, 15) is 0 Å². The topological polar surface area (TPSA) is 28.2 Å². The number of rotatable bonds is 4. The monoisotopic (exact) mass is 295 g/mol. The average Bonchev–Trinajstić information content (AvgIpc) is 2.80. The third-order valence-electron chi connectivity index (χ3n) is 4.24. The van der Waals surface area contributed by atoms with E-state index in [0.29, 0.717) is 6.04 Å². The number of nitrogens with zero attached hydrogens (tertiary/aromatic N) is 2. The predicted octanol–water partition coefficient (Wildman–Crippen LogP) is 3.65. The summed E-state index contributed by atoms with van der Waals surface area (Å²) in [6.07, 6.45) is 2.70. The molecule has 0 aromatic carbocycles. The zero-order valence-electron chi connectivity index (χ0n) is 13.6. The van der Waals surface area contributed by atoms with E-state index in [1.54, 1.807) is 11.3 Å². The van der Waals surface area contributed by atoms with E-state index in [-0.39, 0.29) is 5.54 Å². The molecule has 1 N–H and O–H groups in total. The Bertz CT molecular complexity index is 422. The van der Waals surface area contributed by atoms with Crippen molar-refractivity contribution in [3.63, 3.8) is 0 Å². The lowest BCUT2D eigenvalue weighted by Crippen LogP contribution is -2.41. The molecule has 114 valence electrons. The van der Waals surface area contributed by atoms with Gasteiger partial charge in [0, 0.05) is 30.1 Å². The van der Waals surface area contributed by atoms with Crippen molar-refractivity contribution in [2.75, 3.05) is 6.54 Å². The summed E-state index contributed by atoms with van der Waals surface area (Å²) in [4.78, 5) is 7.37. The van der Waals surface area contributed by atoms with Gasteiger partial charge in [0.25, 0.3) is 0 Å². The minimum atomic E-state index is 0.155. The van der Waals surface area contributed by atoms with E-state index < -0.39 is 0 Å². The van der Waals surface area contributed by atoms with Crippen molar-refractivity contribution >= 4 is 11.3 Å². The summed E-state index contributed by atoms with van der Waals surface area (Å²) in [6, 6.07) is 0.682. The van der Waals surface area contributed by atoms with Crippen LogP contribution in [0.25, 0.3) is 0 Å². The molecule has 1 aromatic rings. The molecule has 1 saturated heterocycles. The van der Waals surface area contributed by atoms with Crippen LogP contribution in [0.15, 0.2) is 5.38 Å². The van der Waals surface area contributed by atoms with Crippen LogP contribution in [-0.2, 0) is 13.1 Å². The lowest BCUT2D eigenvalue weighted by molar-refractivity contribution is 0.105. The average molecular weight is 295 g/mol. The molecule has 2 rings (SSSR count). The third kappa shape index (κ3) is 4.54. The van der Waals surface area contributed by atoms with E-state index >= 15 is 0 Å². The first-order valence-electron chi connectivity index (χ1n) is 7.77. The van der Waals surface area contributed by atoms with E-state index in [2.05, 4.69) is 50.2 Å². The quantitative estimate of drug-likeness (QED) is 0.919. The number of piperidine rings is 1. The Kier molecular flexibility index (Phi) is 5.21. The second kappa shape index (κ2) is 6.54. The van der Waals surface area contributed by atoms with Crippen molar-refractivity contribution in [3.05, 3.63) is 16.1 Å². The van der Waals surface area contributed by atoms with Crippen molar-refractivity contribution < 1.29 is 0 Å². The summed E-state index contributed by atoms with van der Waals surface area (Å²) < 4.78 is 0. The molecule has 0 bridgehead atoms. The lowest BCUT2D eigenvalue weighted by atomic mass is 9.92. The summed E-state index contributed by atoms with van der Waals surface area (Å²) in [5.41, 5.74) is 1.39. The van der Waals surface area contributed by atoms with Crippen molar-refractivity contribution in [2.45, 2.75) is 72.1 Å². The van der Waals surface area contributed by atoms with Crippen LogP contribution in [0.5, 0.6) is 0 Å². The number of nitrogens with one attached hydrogen (secondary N) is 1. The molecule has 1 aliphatic heterocycles. The minimum absolute atomic E-state index is 0.155. The molecule has 0 saturated carbocycles. The first kappa shape index (κ1) is 15.9. The van der Waals surface area contributed by atoms with Crippen molar-refractivity contribution in [2.24, 2.45) is 5.92 Å². The zero-order chi connectivity index (χ0) is 14.8. The largest absolute Gasteiger partial charge is 0.306 e. The number of thiazole rings is 1. The Labute approximate surface area is 127 Å². The van der Waals surface area contributed by atoms with E-state index in [0.717, 1.165) is 19.0 Å². The highest BCUT2D eigenvalue weighted by Crippen LogP contribution is 2.24. The van der Waals surface area contributed by atoms with Gasteiger partial charge >= 0.3 is 0 Å². The number of likely N-dealkylation sites (tertiary alicyclic amines) is 1. The molecule has 1 aliphatic rings. The highest BCUT2D eigenvalue weighted by Gasteiger charge is 2.25. The van der Waals surface area contributed by atoms with Crippen LogP contribution in [0.3, 0.4) is 0 Å². The fourth-order valence-corrected chi connectivity index (χ4v) is 3.42. The lowest BCUT2D eigenvalue weighted by Gasteiger charge is -2.37. The first-order valence-corrected chi connectivity index (χ1v) is 8.65. The Morgan fingerprint density at radius 3 is 2.85 bits per heavy atom. The summed E-state index contributed by atoms with van der Waals surface area (Å²) in [5, 5.41) is 6.93. The van der Waals surface area contributed by atoms with Gasteiger partial charge in [-0.1, -0.05) is 6.92 Å². The zero-order valence-corrected chi connectivity index (χ0v) is 14.4. The van der Waals surface area contributed by atoms with Gasteiger partial charge in [0.05, 0.1) is 5.69 Å². The molecule has 0 amide bonds. The van der Waals surface area contributed by atoms with E-state index in [1.165, 1.54) is 30.1 Å². The molecule has 2 unspecified atom stereocenters. The van der Waals surface area contributed by atoms with Gasteiger partial charge in [-0.05, 0) is 53.0 Å². The number of aromatic nitrogens is 1. The molecule has 0 radical (unpaired) electrons. The van der Waals surface area contributed by atoms with E-state index in [1.807, 2.05) is 0 Å². The van der Waals surface area contributed by atoms with Crippen LogP contribution in [0.2, 0.25) is 0 Å². The summed E-state index contributed by atoms with van der Waals surface area (Å²) in [5.74, 6) is 0.810. The molecule has 4 heteroatoms. The minimum Gasteiger partial charge on any atom is -0.306 e. The highest BCUT2D eigenvalue weighted by molar-refractivity contribution is 7.09. The van der Waals surface area contributed by atoms with Crippen LogP contribution in [0.1, 0.15) is 58.2 Å². The van der Waals surface area contributed by atoms with Crippen LogP contribution >= 0.6 is 11.3 Å². The molecule has 2 heterocycles. The van der Waals surface area contributed by atoms with Gasteiger partial charge in [-0.25, -0.2) is 4.98 Å². The third-order valence-corrected chi connectivity index (χ3v) is 5.14. The summed E-state index contributed by atoms with van der Waals surface area (Å²) in [6.45, 7) is 14.4. The highest BCUT2D eigenvalue weighted by atomic mass is 32.1. The van der Waals surface area contributed by atoms with Crippen LogP contribution in [0.4, 0.5) is 0 Å². The molecule has 20 heavy (non-hydrogen) atoms. The number of hydrogen-bond acceptors (Lipinski definition) is 4. The Hall–Kier alpha value is -0.450. The molecule has 0 aliphatic carbocycles. The maximum absolute atomic E-state index is 4.78. The second-order valence-corrected chi connectivity index (χ2v) is 8.11. The van der Waals surface area contributed by atoms with Crippen molar-refractivity contribution in [3.8, 4) is 0 Å². The normalized spacial score (nSPS) is 25.1. The fourth-order valence-electron chi connectivity index (χ4n) is 2.70. The molecule has 1 aromatic heterocycles. The molecule has 3 nitrogen and oxygen atoms in total. The fraction of sp³-hybridized carbons (Fsp3) is 0.812. The SMILES string of the molecule is CC1CCCN(Cc2csc(CNC(C)(C)C)n2)C1C. The Morgan fingerprint density at radius 2 is 2.15 bits per heavy atom. The van der Waals surface area contributed by atoms with Gasteiger partial charge in [-0.15, -0.1) is 11.3 Å². The van der Waals surface area contributed by atoms with Gasteiger partial charge in [-0.2, -0.15) is 0 Å². The maximum atomic E-state index is 4.78. The second-order valence-electron chi connectivity index (χ2n) is 7.17.